The zero-order valence-electron chi connectivity index (χ0n) is 9.58. The summed E-state index contributed by atoms with van der Waals surface area (Å²) in [5.74, 6) is 0.0730. The molecule has 1 aliphatic heterocycles. The Kier molecular flexibility index (Phi) is 4.02. The van der Waals surface area contributed by atoms with Crippen molar-refractivity contribution in [2.45, 2.75) is 12.8 Å². The average Bonchev–Trinajstić information content (AvgIpc) is 2.46. The van der Waals surface area contributed by atoms with Crippen molar-refractivity contribution in [1.29, 1.82) is 0 Å². The number of nitrogens with two attached hydrogens (primary N) is 1. The van der Waals surface area contributed by atoms with Crippen LogP contribution in [0.15, 0.2) is 22.7 Å². The second-order valence-electron chi connectivity index (χ2n) is 4.09. The van der Waals surface area contributed by atoms with E-state index < -0.39 is 0 Å². The van der Waals surface area contributed by atoms with Crippen LogP contribution in [0.1, 0.15) is 12.8 Å². The van der Waals surface area contributed by atoms with Crippen LogP contribution in [0.5, 0.6) is 0 Å². The Morgan fingerprint density at radius 1 is 1.47 bits per heavy atom. The molecule has 1 aromatic carbocycles. The Morgan fingerprint density at radius 2 is 2.29 bits per heavy atom. The van der Waals surface area contributed by atoms with Gasteiger partial charge >= 0.3 is 0 Å². The van der Waals surface area contributed by atoms with Gasteiger partial charge in [0.2, 0.25) is 5.91 Å². The van der Waals surface area contributed by atoms with Crippen LogP contribution in [0, 0.1) is 0 Å². The number of rotatable bonds is 3. The lowest BCUT2D eigenvalue weighted by Gasteiger charge is -2.24. The molecule has 0 radical (unpaired) electrons. The highest BCUT2D eigenvalue weighted by atomic mass is 79.9. The van der Waals surface area contributed by atoms with E-state index in [2.05, 4.69) is 26.1 Å². The molecule has 4 nitrogen and oxygen atoms in total. The summed E-state index contributed by atoms with van der Waals surface area (Å²) in [5, 5.41) is 2.92. The smallest absolute Gasteiger partial charge is 0.226 e. The molecule has 17 heavy (non-hydrogen) atoms. The van der Waals surface area contributed by atoms with Gasteiger partial charge in [0.1, 0.15) is 0 Å². The molecule has 0 atom stereocenters. The number of carbonyl (C=O) groups is 1. The first-order chi connectivity index (χ1) is 8.20. The molecule has 5 heteroatoms. The van der Waals surface area contributed by atoms with Gasteiger partial charge in [-0.2, -0.15) is 0 Å². The highest BCUT2D eigenvalue weighted by Crippen LogP contribution is 2.31. The van der Waals surface area contributed by atoms with Gasteiger partial charge in [-0.05, 0) is 31.2 Å². The van der Waals surface area contributed by atoms with E-state index in [0.29, 0.717) is 13.0 Å². The Labute approximate surface area is 109 Å². The maximum Gasteiger partial charge on any atom is 0.226 e. The molecule has 2 rings (SSSR count). The van der Waals surface area contributed by atoms with Gasteiger partial charge in [-0.15, -0.1) is 0 Å². The fraction of sp³-hybridized carbons (Fsp3) is 0.417. The van der Waals surface area contributed by atoms with Crippen molar-refractivity contribution in [1.82, 2.24) is 0 Å². The average molecular weight is 298 g/mol. The standard InChI is InChI=1S/C12H16BrN3O/c13-9-2-3-10-11(8-9)16(6-1-5-14)7-4-12(17)15-10/h2-3,8H,1,4-7,14H2,(H,15,17). The van der Waals surface area contributed by atoms with Gasteiger partial charge in [0.05, 0.1) is 11.4 Å². The van der Waals surface area contributed by atoms with Crippen LogP contribution in [0.3, 0.4) is 0 Å². The third kappa shape index (κ3) is 2.98. The molecule has 92 valence electrons. The molecule has 1 aliphatic rings. The Balaban J connectivity index is 2.30. The third-order valence-electron chi connectivity index (χ3n) is 2.82. The zero-order valence-corrected chi connectivity index (χ0v) is 11.2. The van der Waals surface area contributed by atoms with Crippen LogP contribution in [0.25, 0.3) is 0 Å². The predicted octanol–water partition coefficient (Wildman–Crippen LogP) is 1.95. The van der Waals surface area contributed by atoms with Crippen LogP contribution in [0.2, 0.25) is 0 Å². The largest absolute Gasteiger partial charge is 0.369 e. The second-order valence-corrected chi connectivity index (χ2v) is 5.00. The first-order valence-corrected chi connectivity index (χ1v) is 6.54. The van der Waals surface area contributed by atoms with E-state index in [0.717, 1.165) is 35.4 Å². The Hall–Kier alpha value is -1.07. The molecule has 0 saturated heterocycles. The quantitative estimate of drug-likeness (QED) is 0.896. The number of hydrogen-bond donors (Lipinski definition) is 2. The van der Waals surface area contributed by atoms with Crippen LogP contribution in [-0.2, 0) is 4.79 Å². The Bertz CT molecular complexity index is 422. The van der Waals surface area contributed by atoms with Crippen LogP contribution in [-0.4, -0.2) is 25.5 Å². The van der Waals surface area contributed by atoms with E-state index in [-0.39, 0.29) is 5.91 Å². The predicted molar refractivity (Wildman–Crippen MR) is 73.3 cm³/mol. The molecular weight excluding hydrogens is 282 g/mol. The third-order valence-corrected chi connectivity index (χ3v) is 3.31. The molecule has 0 fully saturated rings. The van der Waals surface area contributed by atoms with Gasteiger partial charge in [0.25, 0.3) is 0 Å². The number of anilines is 2. The SMILES string of the molecule is NCCCN1CCC(=O)Nc2ccc(Br)cc21. The molecule has 0 aromatic heterocycles. The van der Waals surface area contributed by atoms with Crippen molar-refractivity contribution in [2.75, 3.05) is 29.9 Å². The molecule has 3 N–H and O–H groups in total. The van der Waals surface area contributed by atoms with Crippen molar-refractivity contribution in [3.63, 3.8) is 0 Å². The highest BCUT2D eigenvalue weighted by Gasteiger charge is 2.18. The fourth-order valence-corrected chi connectivity index (χ4v) is 2.31. The lowest BCUT2D eigenvalue weighted by Crippen LogP contribution is -2.27. The van der Waals surface area contributed by atoms with E-state index in [1.807, 2.05) is 18.2 Å². The lowest BCUT2D eigenvalue weighted by molar-refractivity contribution is -0.115. The van der Waals surface area contributed by atoms with E-state index in [4.69, 9.17) is 5.73 Å². The number of halogens is 1. The summed E-state index contributed by atoms with van der Waals surface area (Å²) in [4.78, 5) is 13.8. The molecule has 0 spiro atoms. The first kappa shape index (κ1) is 12.4. The minimum absolute atomic E-state index is 0.0730. The van der Waals surface area contributed by atoms with Gasteiger partial charge < -0.3 is 16.0 Å². The number of nitrogens with one attached hydrogen (secondary N) is 1. The normalized spacial score (nSPS) is 15.2. The number of nitrogens with zero attached hydrogens (tertiary/aromatic N) is 1. The molecule has 1 aromatic rings. The van der Waals surface area contributed by atoms with Crippen LogP contribution in [0.4, 0.5) is 11.4 Å². The number of hydrogen-bond acceptors (Lipinski definition) is 3. The molecule has 0 unspecified atom stereocenters. The van der Waals surface area contributed by atoms with Crippen molar-refractivity contribution in [2.24, 2.45) is 5.73 Å². The summed E-state index contributed by atoms with van der Waals surface area (Å²) < 4.78 is 1.02. The molecule has 0 saturated carbocycles. The number of benzene rings is 1. The zero-order chi connectivity index (χ0) is 12.3. The van der Waals surface area contributed by atoms with Gasteiger partial charge in [-0.25, -0.2) is 0 Å². The first-order valence-electron chi connectivity index (χ1n) is 5.75. The van der Waals surface area contributed by atoms with Crippen molar-refractivity contribution < 1.29 is 4.79 Å². The number of amides is 1. The van der Waals surface area contributed by atoms with E-state index in [9.17, 15) is 4.79 Å². The highest BCUT2D eigenvalue weighted by molar-refractivity contribution is 9.10. The molecule has 0 bridgehead atoms. The minimum atomic E-state index is 0.0730. The molecule has 0 aliphatic carbocycles. The van der Waals surface area contributed by atoms with Gasteiger partial charge in [0, 0.05) is 24.0 Å². The summed E-state index contributed by atoms with van der Waals surface area (Å²) >= 11 is 3.46. The molecular formula is C12H16BrN3O. The van der Waals surface area contributed by atoms with Crippen molar-refractivity contribution in [3.05, 3.63) is 22.7 Å². The maximum atomic E-state index is 11.6. The second kappa shape index (κ2) is 5.51. The summed E-state index contributed by atoms with van der Waals surface area (Å²) in [6.07, 6.45) is 1.46. The Morgan fingerprint density at radius 3 is 3.06 bits per heavy atom. The summed E-state index contributed by atoms with van der Waals surface area (Å²) in [7, 11) is 0. The lowest BCUT2D eigenvalue weighted by atomic mass is 10.2. The van der Waals surface area contributed by atoms with E-state index in [1.54, 1.807) is 0 Å². The number of carbonyl (C=O) groups excluding carboxylic acids is 1. The monoisotopic (exact) mass is 297 g/mol. The summed E-state index contributed by atoms with van der Waals surface area (Å²) in [5.41, 5.74) is 7.49. The van der Waals surface area contributed by atoms with Crippen LogP contribution >= 0.6 is 15.9 Å². The van der Waals surface area contributed by atoms with Crippen molar-refractivity contribution in [3.8, 4) is 0 Å². The number of fused-ring (bicyclic) bond motifs is 1. The van der Waals surface area contributed by atoms with Crippen molar-refractivity contribution >= 4 is 33.2 Å². The fourth-order valence-electron chi connectivity index (χ4n) is 1.96. The topological polar surface area (TPSA) is 58.4 Å². The van der Waals surface area contributed by atoms with Gasteiger partial charge in [0.15, 0.2) is 0 Å². The summed E-state index contributed by atoms with van der Waals surface area (Å²) in [6, 6.07) is 5.90. The summed E-state index contributed by atoms with van der Waals surface area (Å²) in [6.45, 7) is 2.30. The molecule has 1 heterocycles. The maximum absolute atomic E-state index is 11.6. The van der Waals surface area contributed by atoms with E-state index >= 15 is 0 Å². The van der Waals surface area contributed by atoms with E-state index in [1.165, 1.54) is 0 Å². The minimum Gasteiger partial charge on any atom is -0.369 e. The van der Waals surface area contributed by atoms with Gasteiger partial charge in [-0.3, -0.25) is 4.79 Å². The van der Waals surface area contributed by atoms with Gasteiger partial charge in [-0.1, -0.05) is 15.9 Å². The molecule has 1 amide bonds. The van der Waals surface area contributed by atoms with Crippen LogP contribution < -0.4 is 16.0 Å².